The number of sulfonamides is 1. The van der Waals surface area contributed by atoms with E-state index < -0.39 is 33.8 Å². The fraction of sp³-hybridized carbons (Fsp3) is 0.269. The van der Waals surface area contributed by atoms with Crippen molar-refractivity contribution in [1.29, 1.82) is 0 Å². The number of ether oxygens (including phenoxy) is 2. The summed E-state index contributed by atoms with van der Waals surface area (Å²) in [4.78, 5) is 40.5. The number of fused-ring (bicyclic) bond motifs is 1. The lowest BCUT2D eigenvalue weighted by atomic mass is 10.0. The molecule has 0 bridgehead atoms. The molecule has 2 aromatic carbocycles. The third-order valence-electron chi connectivity index (χ3n) is 5.83. The Hall–Kier alpha value is -3.97. The molecule has 206 valence electrons. The summed E-state index contributed by atoms with van der Waals surface area (Å²) in [6.45, 7) is 4.26. The molecule has 0 saturated carbocycles. The summed E-state index contributed by atoms with van der Waals surface area (Å²) in [5, 5.41) is 2.95. The number of carbonyl (C=O) groups is 3. The quantitative estimate of drug-likeness (QED) is 0.375. The van der Waals surface area contributed by atoms with E-state index in [0.29, 0.717) is 23.4 Å². The normalized spacial score (nSPS) is 12.8. The zero-order valence-electron chi connectivity index (χ0n) is 21.2. The van der Waals surface area contributed by atoms with E-state index >= 15 is 0 Å². The predicted molar refractivity (Wildman–Crippen MR) is 143 cm³/mol. The Labute approximate surface area is 228 Å². The van der Waals surface area contributed by atoms with Gasteiger partial charge >= 0.3 is 12.1 Å². The molecule has 0 spiro atoms. The van der Waals surface area contributed by atoms with E-state index in [1.165, 1.54) is 17.0 Å². The molecule has 1 aromatic heterocycles. The number of hydrogen-bond acceptors (Lipinski definition) is 8. The van der Waals surface area contributed by atoms with Gasteiger partial charge in [-0.3, -0.25) is 9.52 Å². The van der Waals surface area contributed by atoms with Gasteiger partial charge < -0.3 is 19.7 Å². The van der Waals surface area contributed by atoms with Crippen molar-refractivity contribution < 1.29 is 36.7 Å². The maximum Gasteiger partial charge on any atom is 0.410 e. The van der Waals surface area contributed by atoms with E-state index in [0.717, 1.165) is 35.6 Å². The number of carbonyl (C=O) groups excluding carboxylic acids is 3. The second-order valence-corrected chi connectivity index (χ2v) is 11.1. The van der Waals surface area contributed by atoms with Crippen molar-refractivity contribution in [3.05, 3.63) is 75.9 Å². The van der Waals surface area contributed by atoms with Crippen molar-refractivity contribution in [2.45, 2.75) is 31.7 Å². The van der Waals surface area contributed by atoms with Crippen LogP contribution in [0, 0.1) is 5.82 Å². The van der Waals surface area contributed by atoms with Gasteiger partial charge in [0.25, 0.3) is 15.9 Å². The first-order chi connectivity index (χ1) is 18.6. The van der Waals surface area contributed by atoms with Crippen LogP contribution in [0.3, 0.4) is 0 Å². The number of anilines is 2. The van der Waals surface area contributed by atoms with Crippen molar-refractivity contribution >= 4 is 50.0 Å². The number of nitrogens with zero attached hydrogens (tertiary/aromatic N) is 1. The van der Waals surface area contributed by atoms with E-state index in [4.69, 9.17) is 9.47 Å². The number of para-hydroxylation sites is 1. The second kappa shape index (κ2) is 11.8. The molecule has 0 unspecified atom stereocenters. The number of benzene rings is 2. The van der Waals surface area contributed by atoms with E-state index in [-0.39, 0.29) is 46.5 Å². The van der Waals surface area contributed by atoms with Gasteiger partial charge in [0.2, 0.25) is 0 Å². The van der Waals surface area contributed by atoms with Crippen molar-refractivity contribution in [3.8, 4) is 0 Å². The van der Waals surface area contributed by atoms with Crippen LogP contribution >= 0.6 is 11.3 Å². The van der Waals surface area contributed by atoms with Gasteiger partial charge in [-0.05, 0) is 62.2 Å². The molecule has 0 fully saturated rings. The second-order valence-electron chi connectivity index (χ2n) is 8.36. The van der Waals surface area contributed by atoms with Crippen LogP contribution in [0.15, 0.2) is 53.4 Å². The number of nitrogens with one attached hydrogen (secondary N) is 2. The highest BCUT2D eigenvalue weighted by Gasteiger charge is 2.32. The van der Waals surface area contributed by atoms with Gasteiger partial charge in [0.05, 0.1) is 41.5 Å². The minimum Gasteiger partial charge on any atom is -0.462 e. The fourth-order valence-electron chi connectivity index (χ4n) is 4.04. The van der Waals surface area contributed by atoms with Crippen LogP contribution in [-0.4, -0.2) is 51.0 Å². The maximum atomic E-state index is 13.4. The number of halogens is 1. The Morgan fingerprint density at radius 3 is 2.41 bits per heavy atom. The molecule has 10 nitrogen and oxygen atoms in total. The monoisotopic (exact) mass is 575 g/mol. The summed E-state index contributed by atoms with van der Waals surface area (Å²) in [6.07, 6.45) is -0.106. The van der Waals surface area contributed by atoms with Gasteiger partial charge in [-0.2, -0.15) is 0 Å². The zero-order chi connectivity index (χ0) is 28.2. The van der Waals surface area contributed by atoms with Crippen LogP contribution in [0.4, 0.5) is 19.9 Å². The summed E-state index contributed by atoms with van der Waals surface area (Å²) in [6, 6.07) is 10.2. The van der Waals surface area contributed by atoms with Crippen molar-refractivity contribution in [3.63, 3.8) is 0 Å². The molecular formula is C26H26FN3O7S2. The molecular weight excluding hydrogens is 549 g/mol. The van der Waals surface area contributed by atoms with Crippen molar-refractivity contribution in [2.24, 2.45) is 0 Å². The SMILES string of the molecule is CCOC(=O)c1c(NC(=O)c2ccccc2NS(=O)(=O)c2ccc(F)cc2)sc2c1CCN(C(=O)OCC)C2. The highest BCUT2D eigenvalue weighted by Crippen LogP contribution is 2.38. The largest absolute Gasteiger partial charge is 0.462 e. The lowest BCUT2D eigenvalue weighted by Crippen LogP contribution is -2.36. The molecule has 2 amide bonds. The molecule has 0 radical (unpaired) electrons. The summed E-state index contributed by atoms with van der Waals surface area (Å²) in [5.74, 6) is -1.87. The van der Waals surface area contributed by atoms with Crippen molar-refractivity contribution in [1.82, 2.24) is 4.90 Å². The topological polar surface area (TPSA) is 131 Å². The van der Waals surface area contributed by atoms with Crippen LogP contribution in [0.5, 0.6) is 0 Å². The van der Waals surface area contributed by atoms with E-state index in [1.54, 1.807) is 26.0 Å². The first kappa shape index (κ1) is 28.0. The standard InChI is InChI=1S/C26H26FN3O7S2/c1-3-36-25(32)22-19-13-14-30(26(33)37-4-2)15-21(19)38-24(22)28-23(31)18-7-5-6-8-20(18)29-39(34,35)17-11-9-16(27)10-12-17/h5-12,29H,3-4,13-15H2,1-2H3,(H,28,31). The third-order valence-corrected chi connectivity index (χ3v) is 8.34. The lowest BCUT2D eigenvalue weighted by molar-refractivity contribution is 0.0526. The Morgan fingerprint density at radius 1 is 1.03 bits per heavy atom. The Balaban J connectivity index is 1.63. The average Bonchev–Trinajstić information content (AvgIpc) is 3.26. The van der Waals surface area contributed by atoms with Gasteiger partial charge in [-0.1, -0.05) is 12.1 Å². The van der Waals surface area contributed by atoms with E-state index in [9.17, 15) is 27.2 Å². The van der Waals surface area contributed by atoms with Gasteiger partial charge in [-0.25, -0.2) is 22.4 Å². The molecule has 39 heavy (non-hydrogen) atoms. The van der Waals surface area contributed by atoms with Gasteiger partial charge in [0, 0.05) is 11.4 Å². The number of hydrogen-bond donors (Lipinski definition) is 2. The summed E-state index contributed by atoms with van der Waals surface area (Å²) in [5.41, 5.74) is 0.877. The molecule has 1 aliphatic heterocycles. The third kappa shape index (κ3) is 6.20. The summed E-state index contributed by atoms with van der Waals surface area (Å²) < 4.78 is 51.7. The van der Waals surface area contributed by atoms with Gasteiger partial charge in [0.1, 0.15) is 10.8 Å². The number of rotatable bonds is 8. The summed E-state index contributed by atoms with van der Waals surface area (Å²) >= 11 is 1.14. The minimum atomic E-state index is -4.13. The highest BCUT2D eigenvalue weighted by molar-refractivity contribution is 7.92. The fourth-order valence-corrected chi connectivity index (χ4v) is 6.37. The molecule has 0 atom stereocenters. The highest BCUT2D eigenvalue weighted by atomic mass is 32.2. The van der Waals surface area contributed by atoms with Crippen LogP contribution in [-0.2, 0) is 32.5 Å². The number of thiophene rings is 1. The predicted octanol–water partition coefficient (Wildman–Crippen LogP) is 4.63. The molecule has 2 N–H and O–H groups in total. The van der Waals surface area contributed by atoms with Crippen molar-refractivity contribution in [2.75, 3.05) is 29.8 Å². The van der Waals surface area contributed by atoms with Gasteiger partial charge in [0.15, 0.2) is 0 Å². The van der Waals surface area contributed by atoms with Crippen LogP contribution in [0.1, 0.15) is 45.0 Å². The van der Waals surface area contributed by atoms with E-state index in [2.05, 4.69) is 10.0 Å². The average molecular weight is 576 g/mol. The number of esters is 1. The van der Waals surface area contributed by atoms with Crippen LogP contribution in [0.2, 0.25) is 0 Å². The lowest BCUT2D eigenvalue weighted by Gasteiger charge is -2.26. The molecule has 2 heterocycles. The maximum absolute atomic E-state index is 13.4. The van der Waals surface area contributed by atoms with Crippen LogP contribution < -0.4 is 10.0 Å². The minimum absolute atomic E-state index is 0.00230. The van der Waals surface area contributed by atoms with Crippen LogP contribution in [0.25, 0.3) is 0 Å². The molecule has 1 aliphatic rings. The summed E-state index contributed by atoms with van der Waals surface area (Å²) in [7, 11) is -4.13. The molecule has 13 heteroatoms. The zero-order valence-corrected chi connectivity index (χ0v) is 22.8. The smallest absolute Gasteiger partial charge is 0.410 e. The molecule has 3 aromatic rings. The number of amides is 2. The Bertz CT molecular complexity index is 1500. The molecule has 0 saturated heterocycles. The van der Waals surface area contributed by atoms with E-state index in [1.807, 2.05) is 0 Å². The van der Waals surface area contributed by atoms with Gasteiger partial charge in [-0.15, -0.1) is 11.3 Å². The molecule has 4 rings (SSSR count). The Kier molecular flexibility index (Phi) is 8.51. The first-order valence-electron chi connectivity index (χ1n) is 12.1. The first-order valence-corrected chi connectivity index (χ1v) is 14.4. The Morgan fingerprint density at radius 2 is 1.72 bits per heavy atom. The molecule has 0 aliphatic carbocycles.